The van der Waals surface area contributed by atoms with Gasteiger partial charge in [0.15, 0.2) is 11.2 Å². The Morgan fingerprint density at radius 3 is 2.85 bits per heavy atom. The van der Waals surface area contributed by atoms with E-state index in [0.717, 1.165) is 31.4 Å². The number of carbonyl (C=O) groups is 1. The van der Waals surface area contributed by atoms with Crippen LogP contribution in [0.3, 0.4) is 0 Å². The first-order valence-corrected chi connectivity index (χ1v) is 12.3. The molecule has 1 aromatic carbocycles. The highest BCUT2D eigenvalue weighted by atomic mass is 35.5. The number of carbonyl (C=O) groups excluding carboxylic acids is 1. The lowest BCUT2D eigenvalue weighted by Gasteiger charge is -2.32. The van der Waals surface area contributed by atoms with Crippen molar-refractivity contribution in [2.75, 3.05) is 13.1 Å². The summed E-state index contributed by atoms with van der Waals surface area (Å²) in [7, 11) is 0. The van der Waals surface area contributed by atoms with E-state index >= 15 is 0 Å². The summed E-state index contributed by atoms with van der Waals surface area (Å²) in [6, 6.07) is 7.50. The molecule has 33 heavy (non-hydrogen) atoms. The van der Waals surface area contributed by atoms with Crippen molar-refractivity contribution in [3.63, 3.8) is 0 Å². The average Bonchev–Trinajstić information content (AvgIpc) is 3.48. The molecule has 1 unspecified atom stereocenters. The van der Waals surface area contributed by atoms with Crippen molar-refractivity contribution in [2.45, 2.75) is 63.8 Å². The number of benzene rings is 1. The summed E-state index contributed by atoms with van der Waals surface area (Å²) in [5.41, 5.74) is 1.34. The minimum atomic E-state index is -0.294. The highest BCUT2D eigenvalue weighted by Gasteiger charge is 2.28. The van der Waals surface area contributed by atoms with Crippen LogP contribution in [0.2, 0.25) is 5.02 Å². The van der Waals surface area contributed by atoms with Gasteiger partial charge in [-0.25, -0.2) is 9.67 Å². The molecule has 9 heteroatoms. The number of hydrogen-bond donors (Lipinski definition) is 1. The van der Waals surface area contributed by atoms with Crippen LogP contribution in [0.25, 0.3) is 11.2 Å². The monoisotopic (exact) mass is 468 g/mol. The summed E-state index contributed by atoms with van der Waals surface area (Å²) in [5.74, 6) is 1.54. The molecule has 3 heterocycles. The number of aromatic nitrogens is 5. The number of nitrogens with zero attached hydrogens (tertiary/aromatic N) is 5. The van der Waals surface area contributed by atoms with Crippen molar-refractivity contribution in [1.82, 2.24) is 29.9 Å². The zero-order valence-corrected chi connectivity index (χ0v) is 19.4. The molecule has 0 bridgehead atoms. The van der Waals surface area contributed by atoms with Gasteiger partial charge in [-0.05, 0) is 42.9 Å². The van der Waals surface area contributed by atoms with Crippen LogP contribution in [0.5, 0.6) is 0 Å². The van der Waals surface area contributed by atoms with E-state index in [0.29, 0.717) is 41.9 Å². The van der Waals surface area contributed by atoms with Crippen LogP contribution in [0.4, 0.5) is 0 Å². The van der Waals surface area contributed by atoms with Crippen molar-refractivity contribution in [2.24, 2.45) is 5.92 Å². The maximum Gasteiger partial charge on any atom is 0.281 e. The fraction of sp³-hybridized carbons (Fsp3) is 0.542. The van der Waals surface area contributed by atoms with Crippen molar-refractivity contribution >= 4 is 28.7 Å². The Morgan fingerprint density at radius 1 is 1.18 bits per heavy atom. The Kier molecular flexibility index (Phi) is 6.44. The van der Waals surface area contributed by atoms with Crippen molar-refractivity contribution < 1.29 is 4.79 Å². The molecule has 1 saturated carbocycles. The molecule has 2 aromatic heterocycles. The predicted molar refractivity (Wildman–Crippen MR) is 126 cm³/mol. The quantitative estimate of drug-likeness (QED) is 0.591. The first-order chi connectivity index (χ1) is 16.1. The number of halogens is 1. The number of amides is 1. The lowest BCUT2D eigenvalue weighted by molar-refractivity contribution is -0.132. The Bertz CT molecular complexity index is 1200. The number of hydrogen-bond acceptors (Lipinski definition) is 5. The highest BCUT2D eigenvalue weighted by molar-refractivity contribution is 6.30. The fourth-order valence-corrected chi connectivity index (χ4v) is 5.42. The first kappa shape index (κ1) is 22.1. The maximum absolute atomic E-state index is 12.9. The Hall–Kier alpha value is -2.74. The standard InChI is InChI=1S/C24H29ClN6O2/c25-19-9-3-7-17(13-19)14-31-23-21(28-29-31)24(33)27-22(26-23)18-8-4-12-30(15-18)20(32)11-10-16-5-1-2-6-16/h3,7,9,13,16,18H,1-2,4-6,8,10-12,14-15H2,(H,26,27,33). The van der Waals surface area contributed by atoms with E-state index in [-0.39, 0.29) is 22.9 Å². The molecule has 174 valence electrons. The molecule has 1 amide bonds. The third-order valence-corrected chi connectivity index (χ3v) is 7.25. The second-order valence-corrected chi connectivity index (χ2v) is 9.80. The number of nitrogens with one attached hydrogen (secondary N) is 1. The van der Waals surface area contributed by atoms with Gasteiger partial charge in [-0.1, -0.05) is 54.6 Å². The number of H-pyrrole nitrogens is 1. The SMILES string of the molecule is O=C(CCC1CCCC1)N1CCCC(c2nc3c(nnn3Cc3cccc(Cl)c3)c(=O)[nH]2)C1. The molecule has 0 spiro atoms. The second-order valence-electron chi connectivity index (χ2n) is 9.37. The number of piperidine rings is 1. The molecule has 2 aliphatic rings. The zero-order valence-electron chi connectivity index (χ0n) is 18.7. The molecule has 5 rings (SSSR count). The van der Waals surface area contributed by atoms with Crippen molar-refractivity contribution in [3.8, 4) is 0 Å². The summed E-state index contributed by atoms with van der Waals surface area (Å²) < 4.78 is 1.63. The van der Waals surface area contributed by atoms with Gasteiger partial charge in [0.25, 0.3) is 5.56 Å². The molecule has 8 nitrogen and oxygen atoms in total. The Labute approximate surface area is 197 Å². The first-order valence-electron chi connectivity index (χ1n) is 11.9. The van der Waals surface area contributed by atoms with Gasteiger partial charge in [0.05, 0.1) is 6.54 Å². The average molecular weight is 469 g/mol. The highest BCUT2D eigenvalue weighted by Crippen LogP contribution is 2.30. The molecule has 1 N–H and O–H groups in total. The minimum absolute atomic E-state index is 0.000741. The van der Waals surface area contributed by atoms with Crippen molar-refractivity contribution in [1.29, 1.82) is 0 Å². The van der Waals surface area contributed by atoms with Crippen LogP contribution < -0.4 is 5.56 Å². The molecule has 2 fully saturated rings. The van der Waals surface area contributed by atoms with Gasteiger partial charge in [0, 0.05) is 30.5 Å². The van der Waals surface area contributed by atoms with Crippen LogP contribution in [0, 0.1) is 5.92 Å². The third kappa shape index (κ3) is 4.95. The van der Waals surface area contributed by atoms with Crippen LogP contribution in [-0.4, -0.2) is 48.9 Å². The van der Waals surface area contributed by atoms with Gasteiger partial charge in [-0.15, -0.1) is 5.10 Å². The summed E-state index contributed by atoms with van der Waals surface area (Å²) in [4.78, 5) is 35.2. The number of rotatable bonds is 6. The summed E-state index contributed by atoms with van der Waals surface area (Å²) >= 11 is 6.11. The second kappa shape index (κ2) is 9.63. The smallest absolute Gasteiger partial charge is 0.281 e. The zero-order chi connectivity index (χ0) is 22.8. The maximum atomic E-state index is 12.9. The largest absolute Gasteiger partial charge is 0.342 e. The lowest BCUT2D eigenvalue weighted by Crippen LogP contribution is -2.40. The van der Waals surface area contributed by atoms with Crippen LogP contribution in [0.15, 0.2) is 29.1 Å². The predicted octanol–water partition coefficient (Wildman–Crippen LogP) is 3.89. The van der Waals surface area contributed by atoms with Gasteiger partial charge in [-0.3, -0.25) is 9.59 Å². The minimum Gasteiger partial charge on any atom is -0.342 e. The lowest BCUT2D eigenvalue weighted by atomic mass is 9.96. The van der Waals surface area contributed by atoms with Gasteiger partial charge in [0.2, 0.25) is 5.91 Å². The van der Waals surface area contributed by atoms with Gasteiger partial charge in [-0.2, -0.15) is 0 Å². The van der Waals surface area contributed by atoms with E-state index in [1.54, 1.807) is 4.68 Å². The molecule has 0 radical (unpaired) electrons. The molecule has 1 saturated heterocycles. The number of likely N-dealkylation sites (tertiary alicyclic amines) is 1. The molecule has 3 aromatic rings. The molecular weight excluding hydrogens is 440 g/mol. The van der Waals surface area contributed by atoms with E-state index in [1.165, 1.54) is 25.7 Å². The van der Waals surface area contributed by atoms with Crippen molar-refractivity contribution in [3.05, 3.63) is 51.0 Å². The van der Waals surface area contributed by atoms with Crippen LogP contribution in [-0.2, 0) is 11.3 Å². The Morgan fingerprint density at radius 2 is 2.03 bits per heavy atom. The fourth-order valence-electron chi connectivity index (χ4n) is 5.20. The molecule has 1 atom stereocenters. The van der Waals surface area contributed by atoms with Gasteiger partial charge < -0.3 is 9.88 Å². The van der Waals surface area contributed by atoms with Crippen LogP contribution in [0.1, 0.15) is 68.7 Å². The number of fused-ring (bicyclic) bond motifs is 1. The Balaban J connectivity index is 1.33. The van der Waals surface area contributed by atoms with E-state index in [4.69, 9.17) is 16.6 Å². The normalized spacial score (nSPS) is 19.4. The number of aromatic amines is 1. The van der Waals surface area contributed by atoms with Gasteiger partial charge in [0.1, 0.15) is 5.82 Å². The summed E-state index contributed by atoms with van der Waals surface area (Å²) in [5, 5.41) is 8.83. The van der Waals surface area contributed by atoms with E-state index in [2.05, 4.69) is 15.3 Å². The van der Waals surface area contributed by atoms with Gasteiger partial charge >= 0.3 is 0 Å². The van der Waals surface area contributed by atoms with Crippen LogP contribution >= 0.6 is 11.6 Å². The summed E-state index contributed by atoms with van der Waals surface area (Å²) in [6.45, 7) is 1.79. The topological polar surface area (TPSA) is 96.8 Å². The van der Waals surface area contributed by atoms with E-state index in [1.807, 2.05) is 29.2 Å². The molecular formula is C24H29ClN6O2. The van der Waals surface area contributed by atoms with E-state index in [9.17, 15) is 9.59 Å². The third-order valence-electron chi connectivity index (χ3n) is 7.02. The van der Waals surface area contributed by atoms with E-state index < -0.39 is 0 Å². The molecule has 1 aliphatic carbocycles. The summed E-state index contributed by atoms with van der Waals surface area (Å²) in [6.07, 6.45) is 8.53. The molecule has 1 aliphatic heterocycles.